The van der Waals surface area contributed by atoms with E-state index in [1.54, 1.807) is 26.2 Å². The fourth-order valence-corrected chi connectivity index (χ4v) is 1.58. The zero-order valence-corrected chi connectivity index (χ0v) is 11.1. The highest BCUT2D eigenvalue weighted by Gasteiger charge is 2.22. The second kappa shape index (κ2) is 7.35. The van der Waals surface area contributed by atoms with Crippen LogP contribution in [-0.2, 0) is 11.2 Å². The lowest BCUT2D eigenvalue weighted by atomic mass is 10.1. The van der Waals surface area contributed by atoms with E-state index in [4.69, 9.17) is 5.11 Å². The Hall–Kier alpha value is -2.11. The molecular weight excluding hydrogens is 246 g/mol. The first kappa shape index (κ1) is 14.9. The number of carboxylic acids is 1. The molecule has 0 spiro atoms. The van der Waals surface area contributed by atoms with Crippen LogP contribution in [0, 0.1) is 5.92 Å². The first-order valence-electron chi connectivity index (χ1n) is 6.16. The van der Waals surface area contributed by atoms with Gasteiger partial charge in [-0.1, -0.05) is 13.8 Å². The molecule has 0 radical (unpaired) electrons. The maximum atomic E-state index is 11.6. The van der Waals surface area contributed by atoms with Gasteiger partial charge in [-0.25, -0.2) is 9.59 Å². The van der Waals surface area contributed by atoms with E-state index in [9.17, 15) is 9.59 Å². The summed E-state index contributed by atoms with van der Waals surface area (Å²) in [6, 6.07) is 2.40. The molecule has 6 heteroatoms. The van der Waals surface area contributed by atoms with Gasteiger partial charge in [-0.2, -0.15) is 0 Å². The van der Waals surface area contributed by atoms with Gasteiger partial charge in [-0.05, 0) is 30.0 Å². The highest BCUT2D eigenvalue weighted by atomic mass is 16.4. The van der Waals surface area contributed by atoms with Crippen molar-refractivity contribution < 1.29 is 14.7 Å². The predicted octanol–water partition coefficient (Wildman–Crippen LogP) is 1.03. The van der Waals surface area contributed by atoms with E-state index in [2.05, 4.69) is 15.6 Å². The van der Waals surface area contributed by atoms with E-state index >= 15 is 0 Å². The van der Waals surface area contributed by atoms with E-state index in [1.165, 1.54) is 0 Å². The highest BCUT2D eigenvalue weighted by molar-refractivity contribution is 5.82. The van der Waals surface area contributed by atoms with Crippen molar-refractivity contribution in [2.24, 2.45) is 5.92 Å². The number of amides is 2. The summed E-state index contributed by atoms with van der Waals surface area (Å²) in [7, 11) is 0. The minimum atomic E-state index is -1.03. The van der Waals surface area contributed by atoms with Gasteiger partial charge in [-0.3, -0.25) is 4.98 Å². The number of nitrogens with zero attached hydrogens (tertiary/aromatic N) is 1. The molecule has 0 aliphatic heterocycles. The fraction of sp³-hybridized carbons (Fsp3) is 0.462. The van der Waals surface area contributed by atoms with Crippen LogP contribution in [0.1, 0.15) is 19.4 Å². The molecule has 3 N–H and O–H groups in total. The first-order chi connectivity index (χ1) is 9.00. The van der Waals surface area contributed by atoms with Crippen LogP contribution in [0.2, 0.25) is 0 Å². The number of carbonyl (C=O) groups is 2. The molecule has 1 atom stereocenters. The molecule has 1 rings (SSSR count). The maximum absolute atomic E-state index is 11.6. The van der Waals surface area contributed by atoms with Crippen molar-refractivity contribution in [2.75, 3.05) is 6.54 Å². The Kier molecular flexibility index (Phi) is 5.78. The standard InChI is InChI=1S/C13H19N3O3/c1-9(2)11(12(17)18)16-13(19)15-8-5-10-3-6-14-7-4-10/h3-4,6-7,9,11H,5,8H2,1-2H3,(H,17,18)(H2,15,16,19)/t11-/m1/s1. The molecule has 1 aromatic rings. The van der Waals surface area contributed by atoms with Gasteiger partial charge >= 0.3 is 12.0 Å². The van der Waals surface area contributed by atoms with Crippen LogP contribution in [0.15, 0.2) is 24.5 Å². The zero-order valence-electron chi connectivity index (χ0n) is 11.1. The van der Waals surface area contributed by atoms with Crippen molar-refractivity contribution in [1.29, 1.82) is 0 Å². The van der Waals surface area contributed by atoms with Crippen LogP contribution in [-0.4, -0.2) is 34.7 Å². The molecule has 104 valence electrons. The predicted molar refractivity (Wildman–Crippen MR) is 70.7 cm³/mol. The number of rotatable bonds is 6. The minimum absolute atomic E-state index is 0.163. The third-order valence-electron chi connectivity index (χ3n) is 2.67. The number of carboxylic acid groups (broad SMARTS) is 1. The molecule has 19 heavy (non-hydrogen) atoms. The van der Waals surface area contributed by atoms with Crippen LogP contribution in [0.4, 0.5) is 4.79 Å². The zero-order chi connectivity index (χ0) is 14.3. The number of nitrogens with one attached hydrogen (secondary N) is 2. The number of urea groups is 1. The number of aliphatic carboxylic acids is 1. The summed E-state index contributed by atoms with van der Waals surface area (Å²) in [6.45, 7) is 3.94. The van der Waals surface area contributed by atoms with Crippen LogP contribution in [0.5, 0.6) is 0 Å². The summed E-state index contributed by atoms with van der Waals surface area (Å²) in [5, 5.41) is 14.0. The molecule has 0 unspecified atom stereocenters. The summed E-state index contributed by atoms with van der Waals surface area (Å²) in [5.74, 6) is -1.19. The van der Waals surface area contributed by atoms with E-state index < -0.39 is 18.0 Å². The van der Waals surface area contributed by atoms with Crippen molar-refractivity contribution in [1.82, 2.24) is 15.6 Å². The van der Waals surface area contributed by atoms with Crippen molar-refractivity contribution >= 4 is 12.0 Å². The Bertz CT molecular complexity index is 420. The van der Waals surface area contributed by atoms with Gasteiger partial charge in [0.1, 0.15) is 6.04 Å². The van der Waals surface area contributed by atoms with Gasteiger partial charge in [0.25, 0.3) is 0 Å². The molecule has 0 saturated carbocycles. The molecule has 0 aliphatic rings. The molecule has 2 amide bonds. The number of carbonyl (C=O) groups excluding carboxylic acids is 1. The summed E-state index contributed by atoms with van der Waals surface area (Å²) in [6.07, 6.45) is 4.05. The van der Waals surface area contributed by atoms with Crippen molar-refractivity contribution in [3.8, 4) is 0 Å². The van der Waals surface area contributed by atoms with Gasteiger partial charge in [0.2, 0.25) is 0 Å². The molecule has 0 aliphatic carbocycles. The Labute approximate surface area is 112 Å². The fourth-order valence-electron chi connectivity index (χ4n) is 1.58. The van der Waals surface area contributed by atoms with E-state index in [0.29, 0.717) is 13.0 Å². The Balaban J connectivity index is 2.33. The monoisotopic (exact) mass is 265 g/mol. The lowest BCUT2D eigenvalue weighted by Crippen LogP contribution is -2.48. The van der Waals surface area contributed by atoms with Crippen molar-refractivity contribution in [2.45, 2.75) is 26.3 Å². The van der Waals surface area contributed by atoms with Gasteiger partial charge in [0.05, 0.1) is 0 Å². The Morgan fingerprint density at radius 3 is 2.47 bits per heavy atom. The van der Waals surface area contributed by atoms with Crippen molar-refractivity contribution in [3.63, 3.8) is 0 Å². The van der Waals surface area contributed by atoms with E-state index in [-0.39, 0.29) is 5.92 Å². The van der Waals surface area contributed by atoms with E-state index in [0.717, 1.165) is 5.56 Å². The molecule has 0 fully saturated rings. The van der Waals surface area contributed by atoms with Gasteiger partial charge in [0, 0.05) is 18.9 Å². The van der Waals surface area contributed by atoms with Gasteiger partial charge < -0.3 is 15.7 Å². The quantitative estimate of drug-likeness (QED) is 0.716. The lowest BCUT2D eigenvalue weighted by molar-refractivity contribution is -0.140. The largest absolute Gasteiger partial charge is 0.480 e. The number of aromatic nitrogens is 1. The lowest BCUT2D eigenvalue weighted by Gasteiger charge is -2.18. The van der Waals surface area contributed by atoms with E-state index in [1.807, 2.05) is 12.1 Å². The average molecular weight is 265 g/mol. The van der Waals surface area contributed by atoms with Gasteiger partial charge in [0.15, 0.2) is 0 Å². The molecule has 0 aromatic carbocycles. The summed E-state index contributed by atoms with van der Waals surface area (Å²) in [4.78, 5) is 26.4. The normalized spacial score (nSPS) is 11.9. The summed E-state index contributed by atoms with van der Waals surface area (Å²) < 4.78 is 0. The first-order valence-corrected chi connectivity index (χ1v) is 6.16. The van der Waals surface area contributed by atoms with Crippen molar-refractivity contribution in [3.05, 3.63) is 30.1 Å². The molecule has 0 bridgehead atoms. The summed E-state index contributed by atoms with van der Waals surface area (Å²) >= 11 is 0. The topological polar surface area (TPSA) is 91.3 Å². The maximum Gasteiger partial charge on any atom is 0.326 e. The third kappa shape index (κ3) is 5.37. The Morgan fingerprint density at radius 2 is 1.95 bits per heavy atom. The smallest absolute Gasteiger partial charge is 0.326 e. The molecular formula is C13H19N3O3. The number of hydrogen-bond donors (Lipinski definition) is 3. The average Bonchev–Trinajstić information content (AvgIpc) is 2.36. The second-order valence-electron chi connectivity index (χ2n) is 4.57. The van der Waals surface area contributed by atoms with Crippen LogP contribution in [0.25, 0.3) is 0 Å². The second-order valence-corrected chi connectivity index (χ2v) is 4.57. The van der Waals surface area contributed by atoms with Gasteiger partial charge in [-0.15, -0.1) is 0 Å². The van der Waals surface area contributed by atoms with Crippen LogP contribution in [0.3, 0.4) is 0 Å². The molecule has 1 aromatic heterocycles. The Morgan fingerprint density at radius 1 is 1.32 bits per heavy atom. The molecule has 1 heterocycles. The van der Waals surface area contributed by atoms with Crippen LogP contribution >= 0.6 is 0 Å². The molecule has 6 nitrogen and oxygen atoms in total. The third-order valence-corrected chi connectivity index (χ3v) is 2.67. The number of hydrogen-bond acceptors (Lipinski definition) is 3. The minimum Gasteiger partial charge on any atom is -0.480 e. The SMILES string of the molecule is CC(C)[C@@H](NC(=O)NCCc1ccncc1)C(=O)O. The molecule has 0 saturated heterocycles. The van der Waals surface area contributed by atoms with Crippen LogP contribution < -0.4 is 10.6 Å². The summed E-state index contributed by atoms with van der Waals surface area (Å²) in [5.41, 5.74) is 1.06. The highest BCUT2D eigenvalue weighted by Crippen LogP contribution is 2.01. The number of pyridine rings is 1.